The fourth-order valence-electron chi connectivity index (χ4n) is 4.52. The van der Waals surface area contributed by atoms with Crippen LogP contribution in [0.4, 0.5) is 0 Å². The van der Waals surface area contributed by atoms with E-state index in [1.54, 1.807) is 4.90 Å². The maximum atomic E-state index is 13.4. The average molecular weight is 393 g/mol. The van der Waals surface area contributed by atoms with Gasteiger partial charge in [-0.05, 0) is 42.4 Å². The van der Waals surface area contributed by atoms with Crippen molar-refractivity contribution in [1.29, 1.82) is 0 Å². The fraction of sp³-hybridized carbons (Fsp3) is 0.440. The van der Waals surface area contributed by atoms with Gasteiger partial charge in [0.25, 0.3) is 0 Å². The number of piperidine rings is 1. The Morgan fingerprint density at radius 1 is 1.03 bits per heavy atom. The molecule has 2 aromatic rings. The Bertz CT molecular complexity index is 847. The van der Waals surface area contributed by atoms with Crippen LogP contribution in [0.5, 0.6) is 0 Å². The van der Waals surface area contributed by atoms with Gasteiger partial charge in [-0.1, -0.05) is 61.5 Å². The summed E-state index contributed by atoms with van der Waals surface area (Å²) in [5.41, 5.74) is 2.91. The van der Waals surface area contributed by atoms with E-state index in [9.17, 15) is 9.59 Å². The molecular weight excluding hydrogens is 360 g/mol. The monoisotopic (exact) mass is 392 g/mol. The fourth-order valence-corrected chi connectivity index (χ4v) is 4.52. The van der Waals surface area contributed by atoms with Crippen molar-refractivity contribution in [3.05, 3.63) is 60.2 Å². The lowest BCUT2D eigenvalue weighted by Gasteiger charge is -2.43. The Hall–Kier alpha value is -2.62. The molecule has 4 heteroatoms. The molecule has 2 amide bonds. The lowest BCUT2D eigenvalue weighted by atomic mass is 9.72. The normalized spacial score (nSPS) is 19.1. The Kier molecular flexibility index (Phi) is 6.73. The molecule has 4 nitrogen and oxygen atoms in total. The van der Waals surface area contributed by atoms with Crippen LogP contribution >= 0.6 is 0 Å². The van der Waals surface area contributed by atoms with Gasteiger partial charge in [-0.15, -0.1) is 0 Å². The van der Waals surface area contributed by atoms with Crippen LogP contribution in [-0.4, -0.2) is 48.8 Å². The summed E-state index contributed by atoms with van der Waals surface area (Å²) in [5, 5.41) is 0. The predicted molar refractivity (Wildman–Crippen MR) is 117 cm³/mol. The van der Waals surface area contributed by atoms with E-state index in [0.29, 0.717) is 19.4 Å². The van der Waals surface area contributed by atoms with Crippen LogP contribution < -0.4 is 0 Å². The molecule has 1 aliphatic heterocycles. The van der Waals surface area contributed by atoms with Gasteiger partial charge in [0.1, 0.15) is 0 Å². The summed E-state index contributed by atoms with van der Waals surface area (Å²) in [5.74, 6) is 0.286. The smallest absolute Gasteiger partial charge is 0.230 e. The minimum absolute atomic E-state index is 0.120. The van der Waals surface area contributed by atoms with Gasteiger partial charge >= 0.3 is 0 Å². The van der Waals surface area contributed by atoms with Crippen molar-refractivity contribution in [2.24, 2.45) is 5.41 Å². The molecule has 0 aromatic heterocycles. The molecule has 0 saturated carbocycles. The number of carbonyl (C=O) groups excluding carboxylic acids is 2. The number of amides is 2. The highest BCUT2D eigenvalue weighted by molar-refractivity contribution is 5.85. The first kappa shape index (κ1) is 21.1. The molecule has 1 heterocycles. The minimum atomic E-state index is -0.573. The number of likely N-dealkylation sites (tertiary alicyclic amines) is 1. The average Bonchev–Trinajstić information content (AvgIpc) is 2.74. The SMILES string of the molecule is CCCC(=O)N1CCCC(Cc2ccccc2-c2ccccc2)(C(=O)N(C)C)C1. The largest absolute Gasteiger partial charge is 0.348 e. The molecule has 1 atom stereocenters. The first-order valence-electron chi connectivity index (χ1n) is 10.6. The van der Waals surface area contributed by atoms with Crippen LogP contribution in [0, 0.1) is 5.41 Å². The topological polar surface area (TPSA) is 40.6 Å². The Balaban J connectivity index is 1.98. The first-order chi connectivity index (χ1) is 14.0. The van der Waals surface area contributed by atoms with Gasteiger partial charge in [0.2, 0.25) is 11.8 Å². The number of benzene rings is 2. The van der Waals surface area contributed by atoms with Crippen LogP contribution in [0.3, 0.4) is 0 Å². The maximum absolute atomic E-state index is 13.4. The highest BCUT2D eigenvalue weighted by Gasteiger charge is 2.44. The summed E-state index contributed by atoms with van der Waals surface area (Å²) in [6.45, 7) is 3.28. The molecule has 1 unspecified atom stereocenters. The van der Waals surface area contributed by atoms with E-state index in [0.717, 1.165) is 36.9 Å². The standard InChI is InChI=1S/C25H32N2O2/c1-4-11-23(28)27-17-10-16-25(19-27,24(29)26(2)3)18-21-14-8-9-15-22(21)20-12-6-5-7-13-20/h5-9,12-15H,4,10-11,16-19H2,1-3H3. The summed E-state index contributed by atoms with van der Waals surface area (Å²) in [6, 6.07) is 18.6. The third-order valence-electron chi connectivity index (χ3n) is 5.88. The summed E-state index contributed by atoms with van der Waals surface area (Å²) >= 11 is 0. The molecule has 1 fully saturated rings. The molecule has 29 heavy (non-hydrogen) atoms. The van der Waals surface area contributed by atoms with Crippen LogP contribution in [0.1, 0.15) is 38.2 Å². The van der Waals surface area contributed by atoms with Crippen molar-refractivity contribution in [3.63, 3.8) is 0 Å². The van der Waals surface area contributed by atoms with Crippen molar-refractivity contribution in [3.8, 4) is 11.1 Å². The van der Waals surface area contributed by atoms with Gasteiger partial charge in [0.15, 0.2) is 0 Å². The van der Waals surface area contributed by atoms with Crippen LogP contribution in [0.2, 0.25) is 0 Å². The number of nitrogens with zero attached hydrogens (tertiary/aromatic N) is 2. The highest BCUT2D eigenvalue weighted by atomic mass is 16.2. The molecule has 2 aromatic carbocycles. The van der Waals surface area contributed by atoms with E-state index >= 15 is 0 Å². The van der Waals surface area contributed by atoms with E-state index in [4.69, 9.17) is 0 Å². The number of hydrogen-bond donors (Lipinski definition) is 0. The molecule has 1 saturated heterocycles. The van der Waals surface area contributed by atoms with E-state index in [1.165, 1.54) is 5.56 Å². The molecule has 0 aliphatic carbocycles. The van der Waals surface area contributed by atoms with Crippen molar-refractivity contribution in [2.45, 2.75) is 39.0 Å². The van der Waals surface area contributed by atoms with E-state index < -0.39 is 5.41 Å². The zero-order valence-corrected chi connectivity index (χ0v) is 17.9. The predicted octanol–water partition coefficient (Wildman–Crippen LogP) is 4.39. The number of carbonyl (C=O) groups is 2. The second kappa shape index (κ2) is 9.25. The third kappa shape index (κ3) is 4.69. The third-order valence-corrected chi connectivity index (χ3v) is 5.88. The van der Waals surface area contributed by atoms with Crippen LogP contribution in [-0.2, 0) is 16.0 Å². The van der Waals surface area contributed by atoms with Gasteiger partial charge in [0.05, 0.1) is 5.41 Å². The van der Waals surface area contributed by atoms with Crippen molar-refractivity contribution in [1.82, 2.24) is 9.80 Å². The molecule has 154 valence electrons. The number of hydrogen-bond acceptors (Lipinski definition) is 2. The van der Waals surface area contributed by atoms with Gasteiger partial charge in [0, 0.05) is 33.6 Å². The summed E-state index contributed by atoms with van der Waals surface area (Å²) in [6.07, 6.45) is 3.70. The second-order valence-electron chi connectivity index (χ2n) is 8.35. The zero-order valence-electron chi connectivity index (χ0n) is 17.9. The maximum Gasteiger partial charge on any atom is 0.230 e. The van der Waals surface area contributed by atoms with Crippen molar-refractivity contribution in [2.75, 3.05) is 27.2 Å². The van der Waals surface area contributed by atoms with E-state index in [2.05, 4.69) is 24.3 Å². The Labute approximate surface area is 174 Å². The van der Waals surface area contributed by atoms with Crippen molar-refractivity contribution >= 4 is 11.8 Å². The van der Waals surface area contributed by atoms with E-state index in [-0.39, 0.29) is 11.8 Å². The summed E-state index contributed by atoms with van der Waals surface area (Å²) < 4.78 is 0. The van der Waals surface area contributed by atoms with E-state index in [1.807, 2.05) is 56.3 Å². The zero-order chi connectivity index (χ0) is 20.9. The molecule has 0 bridgehead atoms. The van der Waals surface area contributed by atoms with Crippen molar-refractivity contribution < 1.29 is 9.59 Å². The first-order valence-corrected chi connectivity index (χ1v) is 10.6. The Morgan fingerprint density at radius 2 is 1.72 bits per heavy atom. The highest BCUT2D eigenvalue weighted by Crippen LogP contribution is 2.38. The quantitative estimate of drug-likeness (QED) is 0.731. The molecule has 3 rings (SSSR count). The minimum Gasteiger partial charge on any atom is -0.348 e. The molecule has 0 spiro atoms. The number of rotatable bonds is 6. The lowest BCUT2D eigenvalue weighted by molar-refractivity contribution is -0.147. The van der Waals surface area contributed by atoms with Gasteiger partial charge in [-0.2, -0.15) is 0 Å². The van der Waals surface area contributed by atoms with Crippen LogP contribution in [0.15, 0.2) is 54.6 Å². The Morgan fingerprint density at radius 3 is 2.41 bits per heavy atom. The van der Waals surface area contributed by atoms with Gasteiger partial charge in [-0.25, -0.2) is 0 Å². The van der Waals surface area contributed by atoms with Gasteiger partial charge in [-0.3, -0.25) is 9.59 Å². The lowest BCUT2D eigenvalue weighted by Crippen LogP contribution is -2.54. The summed E-state index contributed by atoms with van der Waals surface area (Å²) in [4.78, 5) is 29.6. The second-order valence-corrected chi connectivity index (χ2v) is 8.35. The molecule has 0 radical (unpaired) electrons. The molecule has 0 N–H and O–H groups in total. The summed E-state index contributed by atoms with van der Waals surface area (Å²) in [7, 11) is 3.64. The molecule has 1 aliphatic rings. The molecular formula is C25H32N2O2. The van der Waals surface area contributed by atoms with Gasteiger partial charge < -0.3 is 9.80 Å². The van der Waals surface area contributed by atoms with Crippen LogP contribution in [0.25, 0.3) is 11.1 Å².